The first-order valence-electron chi connectivity index (χ1n) is 8.92. The van der Waals surface area contributed by atoms with Gasteiger partial charge < -0.3 is 24.3 Å². The second kappa shape index (κ2) is 8.92. The first-order chi connectivity index (χ1) is 14.7. The van der Waals surface area contributed by atoms with E-state index in [1.54, 1.807) is 18.2 Å². The molecule has 0 aliphatic carbocycles. The molecule has 0 bridgehead atoms. The fourth-order valence-corrected chi connectivity index (χ4v) is 4.11. The number of sulfone groups is 1. The number of hydrogen-bond acceptors (Lipinski definition) is 7. The number of carboxylic acid groups (broad SMARTS) is 1. The number of hydrogen-bond donors (Lipinski definition) is 2. The number of rotatable bonds is 8. The average molecular weight is 445 g/mol. The van der Waals surface area contributed by atoms with Crippen LogP contribution in [0.3, 0.4) is 0 Å². The van der Waals surface area contributed by atoms with Gasteiger partial charge in [-0.05, 0) is 36.4 Å². The van der Waals surface area contributed by atoms with Crippen LogP contribution in [0.25, 0.3) is 0 Å². The second-order valence-electron chi connectivity index (χ2n) is 6.36. The normalized spacial score (nSPS) is 11.0. The number of methoxy groups -OCH3 is 2. The number of amides is 1. The largest absolute Gasteiger partial charge is 0.493 e. The van der Waals surface area contributed by atoms with Crippen molar-refractivity contribution in [3.05, 3.63) is 71.7 Å². The summed E-state index contributed by atoms with van der Waals surface area (Å²) < 4.78 is 40.7. The van der Waals surface area contributed by atoms with Crippen LogP contribution >= 0.6 is 0 Å². The molecule has 162 valence electrons. The highest BCUT2D eigenvalue weighted by molar-refractivity contribution is 7.90. The summed E-state index contributed by atoms with van der Waals surface area (Å²) in [5.74, 6) is -2.19. The van der Waals surface area contributed by atoms with Crippen LogP contribution in [0.15, 0.2) is 63.9 Å². The highest BCUT2D eigenvalue weighted by atomic mass is 32.2. The first kappa shape index (κ1) is 21.9. The highest BCUT2D eigenvalue weighted by Gasteiger charge is 2.22. The van der Waals surface area contributed by atoms with E-state index in [-0.39, 0.29) is 39.2 Å². The summed E-state index contributed by atoms with van der Waals surface area (Å²) in [6, 6.07) is 13.1. The number of furan rings is 1. The van der Waals surface area contributed by atoms with Crippen LogP contribution in [-0.2, 0) is 15.6 Å². The van der Waals surface area contributed by atoms with Gasteiger partial charge in [-0.1, -0.05) is 18.2 Å². The van der Waals surface area contributed by atoms with Crippen molar-refractivity contribution in [1.82, 2.24) is 0 Å². The van der Waals surface area contributed by atoms with Crippen LogP contribution in [-0.4, -0.2) is 39.6 Å². The lowest BCUT2D eigenvalue weighted by Crippen LogP contribution is -2.13. The summed E-state index contributed by atoms with van der Waals surface area (Å²) in [4.78, 5) is 24.1. The molecule has 1 heterocycles. The van der Waals surface area contributed by atoms with E-state index in [9.17, 15) is 23.1 Å². The molecule has 9 nitrogen and oxygen atoms in total. The summed E-state index contributed by atoms with van der Waals surface area (Å²) in [6.45, 7) is 0. The van der Waals surface area contributed by atoms with Gasteiger partial charge in [-0.3, -0.25) is 4.79 Å². The second-order valence-corrected chi connectivity index (χ2v) is 8.35. The van der Waals surface area contributed by atoms with Gasteiger partial charge in [0.15, 0.2) is 27.1 Å². The molecule has 31 heavy (non-hydrogen) atoms. The Morgan fingerprint density at radius 3 is 2.35 bits per heavy atom. The van der Waals surface area contributed by atoms with Crippen LogP contribution in [0.5, 0.6) is 11.5 Å². The lowest BCUT2D eigenvalue weighted by atomic mass is 10.1. The third-order valence-electron chi connectivity index (χ3n) is 4.29. The summed E-state index contributed by atoms with van der Waals surface area (Å²) >= 11 is 0. The SMILES string of the molecule is COc1cc(C(=O)O)cc(NC(=O)c2ccc(CS(=O)(=O)c3ccccc3)o2)c1OC. The average Bonchev–Trinajstić information content (AvgIpc) is 3.21. The summed E-state index contributed by atoms with van der Waals surface area (Å²) in [5, 5.41) is 11.8. The maximum atomic E-state index is 12.6. The van der Waals surface area contributed by atoms with Gasteiger partial charge in [0.05, 0.1) is 30.4 Å². The Labute approximate surface area is 178 Å². The quantitative estimate of drug-likeness (QED) is 0.540. The van der Waals surface area contributed by atoms with Crippen molar-refractivity contribution in [2.24, 2.45) is 0 Å². The van der Waals surface area contributed by atoms with Crippen LogP contribution in [0.4, 0.5) is 5.69 Å². The number of carbonyl (C=O) groups is 2. The van der Waals surface area contributed by atoms with Gasteiger partial charge in [0.1, 0.15) is 11.5 Å². The van der Waals surface area contributed by atoms with E-state index in [0.717, 1.165) is 0 Å². The molecule has 2 N–H and O–H groups in total. The monoisotopic (exact) mass is 445 g/mol. The molecule has 3 rings (SSSR count). The van der Waals surface area contributed by atoms with Crippen molar-refractivity contribution in [3.63, 3.8) is 0 Å². The molecule has 0 saturated carbocycles. The number of carbonyl (C=O) groups excluding carboxylic acids is 1. The fourth-order valence-electron chi connectivity index (χ4n) is 2.84. The Bertz CT molecular complexity index is 1220. The van der Waals surface area contributed by atoms with Crippen molar-refractivity contribution < 1.29 is 37.0 Å². The number of anilines is 1. The Morgan fingerprint density at radius 1 is 1.03 bits per heavy atom. The Morgan fingerprint density at radius 2 is 1.74 bits per heavy atom. The Hall–Kier alpha value is -3.79. The molecule has 2 aromatic carbocycles. The fraction of sp³-hybridized carbons (Fsp3) is 0.143. The van der Waals surface area contributed by atoms with Crippen LogP contribution in [0, 0.1) is 0 Å². The van der Waals surface area contributed by atoms with Gasteiger partial charge in [0.2, 0.25) is 0 Å². The first-order valence-corrected chi connectivity index (χ1v) is 10.6. The van der Waals surface area contributed by atoms with Crippen molar-refractivity contribution in [2.75, 3.05) is 19.5 Å². The zero-order chi connectivity index (χ0) is 22.6. The molecule has 1 aromatic heterocycles. The Balaban J connectivity index is 1.83. The maximum absolute atomic E-state index is 12.6. The highest BCUT2D eigenvalue weighted by Crippen LogP contribution is 2.37. The van der Waals surface area contributed by atoms with E-state index in [0.29, 0.717) is 0 Å². The van der Waals surface area contributed by atoms with Gasteiger partial charge in [-0.2, -0.15) is 0 Å². The van der Waals surface area contributed by atoms with Crippen molar-refractivity contribution >= 4 is 27.4 Å². The van der Waals surface area contributed by atoms with Crippen molar-refractivity contribution in [2.45, 2.75) is 10.6 Å². The topological polar surface area (TPSA) is 132 Å². The molecule has 0 radical (unpaired) electrons. The zero-order valence-corrected chi connectivity index (χ0v) is 17.4. The molecule has 0 aliphatic rings. The van der Waals surface area contributed by atoms with Crippen LogP contribution < -0.4 is 14.8 Å². The van der Waals surface area contributed by atoms with Crippen molar-refractivity contribution in [1.29, 1.82) is 0 Å². The van der Waals surface area contributed by atoms with E-state index in [4.69, 9.17) is 13.9 Å². The summed E-state index contributed by atoms with van der Waals surface area (Å²) in [5.41, 5.74) is -0.0684. The van der Waals surface area contributed by atoms with E-state index in [2.05, 4.69) is 5.32 Å². The molecule has 0 aliphatic heterocycles. The standard InChI is InChI=1S/C21H19NO8S/c1-28-18-11-13(21(24)25)10-16(19(18)29-2)22-20(23)17-9-8-14(30-17)12-31(26,27)15-6-4-3-5-7-15/h3-11H,12H2,1-2H3,(H,22,23)(H,24,25). The number of carboxylic acids is 1. The predicted molar refractivity (Wildman–Crippen MR) is 110 cm³/mol. The molecule has 0 saturated heterocycles. The maximum Gasteiger partial charge on any atom is 0.335 e. The van der Waals surface area contributed by atoms with Gasteiger partial charge in [0, 0.05) is 0 Å². The molecular formula is C21H19NO8S. The number of ether oxygens (including phenoxy) is 2. The molecule has 10 heteroatoms. The predicted octanol–water partition coefficient (Wildman–Crippen LogP) is 3.22. The lowest BCUT2D eigenvalue weighted by molar-refractivity contribution is 0.0696. The number of nitrogens with one attached hydrogen (secondary N) is 1. The van der Waals surface area contributed by atoms with E-state index in [1.807, 2.05) is 0 Å². The molecule has 1 amide bonds. The minimum atomic E-state index is -3.65. The van der Waals surface area contributed by atoms with Gasteiger partial charge in [-0.15, -0.1) is 0 Å². The lowest BCUT2D eigenvalue weighted by Gasteiger charge is -2.14. The Kier molecular flexibility index (Phi) is 6.30. The van der Waals surface area contributed by atoms with E-state index in [1.165, 1.54) is 50.6 Å². The third-order valence-corrected chi connectivity index (χ3v) is 5.95. The van der Waals surface area contributed by atoms with Crippen molar-refractivity contribution in [3.8, 4) is 11.5 Å². The molecule has 3 aromatic rings. The zero-order valence-electron chi connectivity index (χ0n) is 16.6. The van der Waals surface area contributed by atoms with Crippen LogP contribution in [0.2, 0.25) is 0 Å². The minimum absolute atomic E-state index is 0.0547. The van der Waals surface area contributed by atoms with Crippen LogP contribution in [0.1, 0.15) is 26.7 Å². The molecule has 0 unspecified atom stereocenters. The molecular weight excluding hydrogens is 426 g/mol. The smallest absolute Gasteiger partial charge is 0.335 e. The van der Waals surface area contributed by atoms with Gasteiger partial charge in [-0.25, -0.2) is 13.2 Å². The van der Waals surface area contributed by atoms with Gasteiger partial charge >= 0.3 is 5.97 Å². The molecule has 0 atom stereocenters. The third kappa shape index (κ3) is 4.86. The minimum Gasteiger partial charge on any atom is -0.493 e. The van der Waals surface area contributed by atoms with Gasteiger partial charge in [0.25, 0.3) is 5.91 Å². The molecule has 0 spiro atoms. The number of benzene rings is 2. The van der Waals surface area contributed by atoms with E-state index >= 15 is 0 Å². The number of aromatic carboxylic acids is 1. The summed E-state index contributed by atoms with van der Waals surface area (Å²) in [7, 11) is -0.972. The molecule has 0 fully saturated rings. The van der Waals surface area contributed by atoms with E-state index < -0.39 is 27.5 Å². The summed E-state index contributed by atoms with van der Waals surface area (Å²) in [6.07, 6.45) is 0.